The van der Waals surface area contributed by atoms with E-state index in [4.69, 9.17) is 0 Å². The molecule has 0 amide bonds. The van der Waals surface area contributed by atoms with Gasteiger partial charge in [0.25, 0.3) is 0 Å². The van der Waals surface area contributed by atoms with E-state index in [-0.39, 0.29) is 12.0 Å². The minimum absolute atomic E-state index is 0.116. The van der Waals surface area contributed by atoms with Crippen LogP contribution in [0, 0.1) is 46.3 Å². The molecule has 0 saturated heterocycles. The summed E-state index contributed by atoms with van der Waals surface area (Å²) in [7, 11) is 0. The van der Waals surface area contributed by atoms with E-state index in [0.717, 1.165) is 48.1 Å². The molecule has 3 heteroatoms. The Bertz CT molecular complexity index is 559. The first-order chi connectivity index (χ1) is 13.3. The number of oxime groups is 1. The zero-order valence-corrected chi connectivity index (χ0v) is 19.1. The third kappa shape index (κ3) is 3.77. The molecule has 0 heterocycles. The number of aliphatic hydroxyl groups excluding tert-OH is 1. The second kappa shape index (κ2) is 8.66. The van der Waals surface area contributed by atoms with E-state index in [0.29, 0.717) is 11.3 Å². The SMILES string of the molecule is CC(C)CCC[C@@H](C)[C@H]1CC[C@H]2[C@@H]3CC/C(=N\O)[C@](C)(CCO)[C@H]3CC[C@]12C. The first-order valence-corrected chi connectivity index (χ1v) is 12.1. The quantitative estimate of drug-likeness (QED) is 0.383. The highest BCUT2D eigenvalue weighted by Crippen LogP contribution is 2.65. The molecule has 3 rings (SSSR count). The van der Waals surface area contributed by atoms with Gasteiger partial charge in [-0.1, -0.05) is 59.0 Å². The summed E-state index contributed by atoms with van der Waals surface area (Å²) in [5, 5.41) is 23.1. The lowest BCUT2D eigenvalue weighted by Crippen LogP contribution is -2.53. The van der Waals surface area contributed by atoms with Crippen molar-refractivity contribution in [1.29, 1.82) is 0 Å². The monoisotopic (exact) mass is 391 g/mol. The maximum Gasteiger partial charge on any atom is 0.0633 e. The first kappa shape index (κ1) is 22.1. The average molecular weight is 392 g/mol. The second-order valence-electron chi connectivity index (χ2n) is 11.4. The van der Waals surface area contributed by atoms with Crippen molar-refractivity contribution >= 4 is 5.71 Å². The molecule has 3 saturated carbocycles. The molecule has 3 nitrogen and oxygen atoms in total. The van der Waals surface area contributed by atoms with Gasteiger partial charge < -0.3 is 10.3 Å². The third-order valence-corrected chi connectivity index (χ3v) is 9.58. The summed E-state index contributed by atoms with van der Waals surface area (Å²) in [6.07, 6.45) is 12.3. The predicted molar refractivity (Wildman–Crippen MR) is 117 cm³/mol. The minimum Gasteiger partial charge on any atom is -0.411 e. The second-order valence-corrected chi connectivity index (χ2v) is 11.4. The molecule has 0 unspecified atom stereocenters. The fraction of sp³-hybridized carbons (Fsp3) is 0.960. The standard InChI is InChI=1S/C25H45NO2/c1-17(2)7-6-8-18(3)20-10-11-21-19-9-12-23(26-28)25(5,15-16-27)22(19)13-14-24(20,21)4/h17-22,27-28H,6-16H2,1-5H3/b26-23+/t18-,19+,20-,21+,22+,24-,25-/m1/s1. The molecule has 0 aromatic carbocycles. The highest BCUT2D eigenvalue weighted by atomic mass is 16.4. The molecule has 2 N–H and O–H groups in total. The van der Waals surface area contributed by atoms with Crippen LogP contribution >= 0.6 is 0 Å². The number of nitrogens with zero attached hydrogens (tertiary/aromatic N) is 1. The smallest absolute Gasteiger partial charge is 0.0633 e. The zero-order chi connectivity index (χ0) is 20.5. The largest absolute Gasteiger partial charge is 0.411 e. The maximum absolute atomic E-state index is 9.72. The summed E-state index contributed by atoms with van der Waals surface area (Å²) in [5.74, 6) is 4.68. The van der Waals surface area contributed by atoms with Crippen molar-refractivity contribution in [2.45, 2.75) is 98.8 Å². The summed E-state index contributed by atoms with van der Waals surface area (Å²) in [6, 6.07) is 0. The van der Waals surface area contributed by atoms with Gasteiger partial charge in [0, 0.05) is 12.0 Å². The van der Waals surface area contributed by atoms with E-state index in [2.05, 4.69) is 39.8 Å². The number of fused-ring (bicyclic) bond motifs is 3. The lowest BCUT2D eigenvalue weighted by molar-refractivity contribution is -0.0475. The molecule has 0 aliphatic heterocycles. The first-order valence-electron chi connectivity index (χ1n) is 12.1. The van der Waals surface area contributed by atoms with E-state index in [1.165, 1.54) is 51.4 Å². The highest BCUT2D eigenvalue weighted by Gasteiger charge is 2.59. The van der Waals surface area contributed by atoms with Crippen molar-refractivity contribution in [2.24, 2.45) is 51.5 Å². The van der Waals surface area contributed by atoms with E-state index in [1.54, 1.807) is 0 Å². The van der Waals surface area contributed by atoms with Crippen molar-refractivity contribution < 1.29 is 10.3 Å². The molecule has 3 aliphatic rings. The third-order valence-electron chi connectivity index (χ3n) is 9.58. The van der Waals surface area contributed by atoms with Crippen molar-refractivity contribution in [1.82, 2.24) is 0 Å². The van der Waals surface area contributed by atoms with Crippen molar-refractivity contribution in [2.75, 3.05) is 6.61 Å². The molecule has 3 fully saturated rings. The number of hydrogen-bond donors (Lipinski definition) is 2. The van der Waals surface area contributed by atoms with Crippen LogP contribution in [0.3, 0.4) is 0 Å². The van der Waals surface area contributed by atoms with Gasteiger partial charge in [0.15, 0.2) is 0 Å². The van der Waals surface area contributed by atoms with Gasteiger partial charge in [-0.3, -0.25) is 0 Å². The minimum atomic E-state index is -0.116. The molecule has 162 valence electrons. The van der Waals surface area contributed by atoms with Gasteiger partial charge in [-0.2, -0.15) is 0 Å². The van der Waals surface area contributed by atoms with Crippen LogP contribution in [0.5, 0.6) is 0 Å². The Morgan fingerprint density at radius 3 is 2.43 bits per heavy atom. The van der Waals surface area contributed by atoms with Gasteiger partial charge in [-0.05, 0) is 85.9 Å². The van der Waals surface area contributed by atoms with Crippen LogP contribution in [0.15, 0.2) is 5.16 Å². The van der Waals surface area contributed by atoms with Gasteiger partial charge in [0.05, 0.1) is 5.71 Å². The Morgan fingerprint density at radius 2 is 1.79 bits per heavy atom. The molecular formula is C25H45NO2. The molecule has 3 aliphatic carbocycles. The van der Waals surface area contributed by atoms with Crippen LogP contribution in [0.2, 0.25) is 0 Å². The van der Waals surface area contributed by atoms with E-state index in [9.17, 15) is 10.3 Å². The Hall–Kier alpha value is -0.570. The van der Waals surface area contributed by atoms with E-state index < -0.39 is 0 Å². The van der Waals surface area contributed by atoms with Gasteiger partial charge in [-0.15, -0.1) is 0 Å². The number of hydrogen-bond acceptors (Lipinski definition) is 3. The van der Waals surface area contributed by atoms with Crippen LogP contribution in [-0.2, 0) is 0 Å². The lowest BCUT2D eigenvalue weighted by Gasteiger charge is -2.57. The molecule has 7 atom stereocenters. The van der Waals surface area contributed by atoms with Crippen molar-refractivity contribution in [3.8, 4) is 0 Å². The molecule has 0 aromatic heterocycles. The van der Waals surface area contributed by atoms with Gasteiger partial charge >= 0.3 is 0 Å². The van der Waals surface area contributed by atoms with E-state index in [1.807, 2.05) is 0 Å². The van der Waals surface area contributed by atoms with Crippen LogP contribution in [0.4, 0.5) is 0 Å². The molecule has 0 aromatic rings. The molecule has 28 heavy (non-hydrogen) atoms. The summed E-state index contributed by atoms with van der Waals surface area (Å²) in [5.41, 5.74) is 1.32. The van der Waals surface area contributed by atoms with Gasteiger partial charge in [-0.25, -0.2) is 0 Å². The van der Waals surface area contributed by atoms with E-state index >= 15 is 0 Å². The van der Waals surface area contributed by atoms with Crippen molar-refractivity contribution in [3.05, 3.63) is 0 Å². The Labute approximate surface area is 173 Å². The van der Waals surface area contributed by atoms with Crippen LogP contribution in [-0.4, -0.2) is 22.6 Å². The summed E-state index contributed by atoms with van der Waals surface area (Å²) in [6.45, 7) is 12.3. The Morgan fingerprint density at radius 1 is 1.04 bits per heavy atom. The normalized spacial score (nSPS) is 43.2. The fourth-order valence-corrected chi connectivity index (χ4v) is 8.03. The van der Waals surface area contributed by atoms with Crippen molar-refractivity contribution in [3.63, 3.8) is 0 Å². The highest BCUT2D eigenvalue weighted by molar-refractivity contribution is 5.90. The summed E-state index contributed by atoms with van der Waals surface area (Å²) in [4.78, 5) is 0. The number of rotatable bonds is 7. The van der Waals surface area contributed by atoms with Crippen LogP contribution in [0.1, 0.15) is 98.8 Å². The average Bonchev–Trinajstić information content (AvgIpc) is 2.99. The predicted octanol–water partition coefficient (Wildman–Crippen LogP) is 6.52. The number of aliphatic hydroxyl groups is 1. The Balaban J connectivity index is 1.75. The summed E-state index contributed by atoms with van der Waals surface area (Å²) >= 11 is 0. The fourth-order valence-electron chi connectivity index (χ4n) is 8.03. The summed E-state index contributed by atoms with van der Waals surface area (Å²) < 4.78 is 0. The molecule has 0 bridgehead atoms. The molecular weight excluding hydrogens is 346 g/mol. The maximum atomic E-state index is 9.72. The molecule has 0 spiro atoms. The van der Waals surface area contributed by atoms with Crippen LogP contribution in [0.25, 0.3) is 0 Å². The lowest BCUT2D eigenvalue weighted by atomic mass is 9.48. The topological polar surface area (TPSA) is 52.8 Å². The van der Waals surface area contributed by atoms with Gasteiger partial charge in [0.2, 0.25) is 0 Å². The van der Waals surface area contributed by atoms with Crippen LogP contribution < -0.4 is 0 Å². The van der Waals surface area contributed by atoms with Gasteiger partial charge in [0.1, 0.15) is 0 Å². The Kier molecular flexibility index (Phi) is 6.84. The molecule has 0 radical (unpaired) electrons. The zero-order valence-electron chi connectivity index (χ0n) is 19.1.